The molecule has 1 amide bonds. The number of benzene rings is 1. The number of nitrogens with one attached hydrogen (secondary N) is 1. The van der Waals surface area contributed by atoms with Gasteiger partial charge in [0, 0.05) is 23.4 Å². The number of halogens is 1. The average Bonchev–Trinajstić information content (AvgIpc) is 2.99. The maximum Gasteiger partial charge on any atom is 0.306 e. The van der Waals surface area contributed by atoms with E-state index in [9.17, 15) is 14.4 Å². The third kappa shape index (κ3) is 6.20. The normalized spacial score (nSPS) is 11.7. The van der Waals surface area contributed by atoms with Crippen molar-refractivity contribution in [2.45, 2.75) is 39.2 Å². The van der Waals surface area contributed by atoms with E-state index in [1.807, 2.05) is 0 Å². The van der Waals surface area contributed by atoms with Crippen LogP contribution < -0.4 is 5.32 Å². The van der Waals surface area contributed by atoms with Crippen LogP contribution in [0.3, 0.4) is 0 Å². The Morgan fingerprint density at radius 1 is 1.19 bits per heavy atom. The van der Waals surface area contributed by atoms with Gasteiger partial charge >= 0.3 is 5.97 Å². The molecule has 0 aliphatic rings. The molecule has 1 aromatic heterocycles. The van der Waals surface area contributed by atoms with Crippen molar-refractivity contribution < 1.29 is 19.1 Å². The van der Waals surface area contributed by atoms with Crippen molar-refractivity contribution in [3.05, 3.63) is 39.9 Å². The number of amides is 1. The summed E-state index contributed by atoms with van der Waals surface area (Å²) in [5, 5.41) is 11.9. The van der Waals surface area contributed by atoms with Gasteiger partial charge in [0.25, 0.3) is 0 Å². The Balaban J connectivity index is 1.71. The van der Waals surface area contributed by atoms with Gasteiger partial charge in [-0.05, 0) is 44.5 Å². The summed E-state index contributed by atoms with van der Waals surface area (Å²) in [4.78, 5) is 35.8. The minimum absolute atomic E-state index is 0.0425. The summed E-state index contributed by atoms with van der Waals surface area (Å²) in [5.41, 5.74) is 0.418. The van der Waals surface area contributed by atoms with E-state index in [0.717, 1.165) is 5.01 Å². The minimum atomic E-state index is -0.901. The van der Waals surface area contributed by atoms with Crippen LogP contribution in [0.15, 0.2) is 24.3 Å². The highest BCUT2D eigenvalue weighted by Crippen LogP contribution is 2.15. The highest BCUT2D eigenvalue weighted by atomic mass is 35.5. The first-order valence-electron chi connectivity index (χ1n) is 7.94. The predicted molar refractivity (Wildman–Crippen MR) is 98.5 cm³/mol. The first kappa shape index (κ1) is 20.0. The SMILES string of the molecule is Cc1nnc(NC(=O)CCCC(=O)O[C@H](C)C(=O)c2ccc(Cl)cc2)s1. The number of Topliss-reactive ketones (excluding diaryl/α,β-unsaturated/α-hetero) is 1. The first-order chi connectivity index (χ1) is 12.3. The number of hydrogen-bond acceptors (Lipinski definition) is 7. The van der Waals surface area contributed by atoms with E-state index in [1.54, 1.807) is 31.2 Å². The van der Waals surface area contributed by atoms with E-state index >= 15 is 0 Å². The Morgan fingerprint density at radius 2 is 1.88 bits per heavy atom. The number of esters is 1. The largest absolute Gasteiger partial charge is 0.454 e. The molecule has 138 valence electrons. The highest BCUT2D eigenvalue weighted by molar-refractivity contribution is 7.15. The lowest BCUT2D eigenvalue weighted by molar-refractivity contribution is -0.146. The van der Waals surface area contributed by atoms with E-state index in [1.165, 1.54) is 18.3 Å². The summed E-state index contributed by atoms with van der Waals surface area (Å²) in [5.74, 6) is -1.09. The molecule has 0 saturated heterocycles. The molecule has 0 fully saturated rings. The monoisotopic (exact) mass is 395 g/mol. The number of hydrogen-bond donors (Lipinski definition) is 1. The standard InChI is InChI=1S/C17H18ClN3O4S/c1-10(16(24)12-6-8-13(18)9-7-12)25-15(23)5-3-4-14(22)19-17-21-20-11(2)26-17/h6-10H,3-5H2,1-2H3,(H,19,21,22)/t10-/m1/s1. The number of ether oxygens (including phenoxy) is 1. The summed E-state index contributed by atoms with van der Waals surface area (Å²) in [7, 11) is 0. The number of anilines is 1. The van der Waals surface area contributed by atoms with Gasteiger partial charge in [-0.15, -0.1) is 10.2 Å². The number of aryl methyl sites for hydroxylation is 1. The summed E-state index contributed by atoms with van der Waals surface area (Å²) in [6.45, 7) is 3.30. The quantitative estimate of drug-likeness (QED) is 0.543. The number of carbonyl (C=O) groups is 3. The van der Waals surface area contributed by atoms with Gasteiger partial charge in [0.1, 0.15) is 5.01 Å². The third-order valence-electron chi connectivity index (χ3n) is 3.36. The van der Waals surface area contributed by atoms with Crippen molar-refractivity contribution in [3.8, 4) is 0 Å². The number of carbonyl (C=O) groups excluding carboxylic acids is 3. The van der Waals surface area contributed by atoms with Gasteiger partial charge in [0.05, 0.1) is 0 Å². The molecule has 0 aliphatic carbocycles. The third-order valence-corrected chi connectivity index (χ3v) is 4.37. The van der Waals surface area contributed by atoms with E-state index in [-0.39, 0.29) is 24.5 Å². The molecule has 1 heterocycles. The van der Waals surface area contributed by atoms with E-state index in [4.69, 9.17) is 16.3 Å². The molecule has 0 bridgehead atoms. The van der Waals surface area contributed by atoms with Crippen molar-refractivity contribution in [3.63, 3.8) is 0 Å². The van der Waals surface area contributed by atoms with Crippen molar-refractivity contribution in [1.29, 1.82) is 0 Å². The second-order valence-corrected chi connectivity index (χ2v) is 7.15. The van der Waals surface area contributed by atoms with Gasteiger partial charge < -0.3 is 10.1 Å². The predicted octanol–water partition coefficient (Wildman–Crippen LogP) is 3.42. The van der Waals surface area contributed by atoms with Gasteiger partial charge in [0.2, 0.25) is 16.8 Å². The lowest BCUT2D eigenvalue weighted by Gasteiger charge is -2.12. The Hall–Kier alpha value is -2.32. The van der Waals surface area contributed by atoms with Crippen LogP contribution in [0.2, 0.25) is 5.02 Å². The molecule has 1 atom stereocenters. The number of ketones is 1. The maximum absolute atomic E-state index is 12.2. The van der Waals surface area contributed by atoms with Crippen molar-refractivity contribution in [2.75, 3.05) is 5.32 Å². The summed E-state index contributed by atoms with van der Waals surface area (Å²) >= 11 is 7.05. The molecule has 0 unspecified atom stereocenters. The van der Waals surface area contributed by atoms with Gasteiger partial charge in [-0.3, -0.25) is 14.4 Å². The Kier molecular flexibility index (Phi) is 7.23. The van der Waals surface area contributed by atoms with Crippen LogP contribution in [0.1, 0.15) is 41.6 Å². The smallest absolute Gasteiger partial charge is 0.306 e. The molecular weight excluding hydrogens is 378 g/mol. The fourth-order valence-corrected chi connectivity index (χ4v) is 2.81. The van der Waals surface area contributed by atoms with Crippen molar-refractivity contribution in [1.82, 2.24) is 10.2 Å². The lowest BCUT2D eigenvalue weighted by Crippen LogP contribution is -2.24. The second-order valence-electron chi connectivity index (χ2n) is 5.53. The summed E-state index contributed by atoms with van der Waals surface area (Å²) in [6, 6.07) is 6.35. The molecular formula is C17H18ClN3O4S. The minimum Gasteiger partial charge on any atom is -0.454 e. The van der Waals surface area contributed by atoms with Crippen molar-refractivity contribution >= 4 is 45.7 Å². The van der Waals surface area contributed by atoms with Gasteiger partial charge in [-0.2, -0.15) is 0 Å². The fourth-order valence-electron chi connectivity index (χ4n) is 2.08. The molecule has 7 nitrogen and oxygen atoms in total. The van der Waals surface area contributed by atoms with Gasteiger partial charge in [-0.1, -0.05) is 22.9 Å². The Bertz CT molecular complexity index is 792. The molecule has 2 aromatic rings. The summed E-state index contributed by atoms with van der Waals surface area (Å²) in [6.07, 6.45) is -0.403. The van der Waals surface area contributed by atoms with Crippen LogP contribution in [-0.4, -0.2) is 34.0 Å². The van der Waals surface area contributed by atoms with Crippen LogP contribution in [-0.2, 0) is 14.3 Å². The van der Waals surface area contributed by atoms with Crippen LogP contribution in [0, 0.1) is 6.92 Å². The van der Waals surface area contributed by atoms with E-state index < -0.39 is 12.1 Å². The topological polar surface area (TPSA) is 98.2 Å². The molecule has 1 N–H and O–H groups in total. The zero-order valence-electron chi connectivity index (χ0n) is 14.3. The Labute approximate surface area is 159 Å². The number of aromatic nitrogens is 2. The second kappa shape index (κ2) is 9.40. The fraction of sp³-hybridized carbons (Fsp3) is 0.353. The van der Waals surface area contributed by atoms with Gasteiger partial charge in [-0.25, -0.2) is 0 Å². The van der Waals surface area contributed by atoms with Crippen LogP contribution in [0.25, 0.3) is 0 Å². The first-order valence-corrected chi connectivity index (χ1v) is 9.14. The van der Waals surface area contributed by atoms with E-state index in [0.29, 0.717) is 22.1 Å². The van der Waals surface area contributed by atoms with Crippen LogP contribution in [0.4, 0.5) is 5.13 Å². The van der Waals surface area contributed by atoms with E-state index in [2.05, 4.69) is 15.5 Å². The molecule has 0 radical (unpaired) electrons. The zero-order chi connectivity index (χ0) is 19.1. The molecule has 26 heavy (non-hydrogen) atoms. The highest BCUT2D eigenvalue weighted by Gasteiger charge is 2.19. The van der Waals surface area contributed by atoms with Crippen molar-refractivity contribution in [2.24, 2.45) is 0 Å². The Morgan fingerprint density at radius 3 is 2.50 bits per heavy atom. The lowest BCUT2D eigenvalue weighted by atomic mass is 10.1. The molecule has 0 aliphatic heterocycles. The molecule has 9 heteroatoms. The molecule has 2 rings (SSSR count). The molecule has 0 saturated carbocycles. The van der Waals surface area contributed by atoms with Gasteiger partial charge in [0.15, 0.2) is 6.10 Å². The van der Waals surface area contributed by atoms with Crippen LogP contribution in [0.5, 0.6) is 0 Å². The summed E-state index contributed by atoms with van der Waals surface area (Å²) < 4.78 is 5.13. The van der Waals surface area contributed by atoms with Crippen LogP contribution >= 0.6 is 22.9 Å². The zero-order valence-corrected chi connectivity index (χ0v) is 15.9. The number of rotatable bonds is 8. The number of nitrogens with zero attached hydrogens (tertiary/aromatic N) is 2. The molecule has 0 spiro atoms. The molecule has 1 aromatic carbocycles. The maximum atomic E-state index is 12.2. The average molecular weight is 396 g/mol.